The van der Waals surface area contributed by atoms with E-state index in [9.17, 15) is 12.8 Å². The van der Waals surface area contributed by atoms with Crippen LogP contribution in [0.5, 0.6) is 0 Å². The van der Waals surface area contributed by atoms with Crippen molar-refractivity contribution < 1.29 is 17.5 Å². The third kappa shape index (κ3) is 2.90. The number of nitrogens with one attached hydrogen (secondary N) is 1. The van der Waals surface area contributed by atoms with Crippen molar-refractivity contribution in [2.75, 3.05) is 6.61 Å². The highest BCUT2D eigenvalue weighted by Gasteiger charge is 2.29. The molecule has 2 atom stereocenters. The Balaban J connectivity index is 2.22. The largest absolute Gasteiger partial charge is 0.377 e. The summed E-state index contributed by atoms with van der Waals surface area (Å²) >= 11 is 2.98. The summed E-state index contributed by atoms with van der Waals surface area (Å²) < 4.78 is 45.5. The van der Waals surface area contributed by atoms with Crippen LogP contribution in [0.3, 0.4) is 0 Å². The van der Waals surface area contributed by atoms with Gasteiger partial charge in [-0.3, -0.25) is 0 Å². The van der Waals surface area contributed by atoms with Gasteiger partial charge >= 0.3 is 0 Å². The van der Waals surface area contributed by atoms with Gasteiger partial charge in [-0.1, -0.05) is 0 Å². The molecule has 100 valence electrons. The maximum atomic E-state index is 13.3. The van der Waals surface area contributed by atoms with Gasteiger partial charge in [0.1, 0.15) is 5.82 Å². The van der Waals surface area contributed by atoms with Gasteiger partial charge in [-0.2, -0.15) is 0 Å². The van der Waals surface area contributed by atoms with Crippen molar-refractivity contribution in [3.63, 3.8) is 0 Å². The van der Waals surface area contributed by atoms with Crippen molar-refractivity contribution in [3.05, 3.63) is 28.5 Å². The van der Waals surface area contributed by atoms with Crippen LogP contribution in [-0.4, -0.2) is 27.2 Å². The topological polar surface area (TPSA) is 55.4 Å². The highest BCUT2D eigenvalue weighted by atomic mass is 79.9. The Morgan fingerprint density at radius 2 is 2.22 bits per heavy atom. The van der Waals surface area contributed by atoms with Crippen molar-refractivity contribution in [2.24, 2.45) is 0 Å². The van der Waals surface area contributed by atoms with E-state index in [2.05, 4.69) is 20.7 Å². The first-order chi connectivity index (χ1) is 8.40. The minimum atomic E-state index is -3.71. The number of rotatable bonds is 3. The molecule has 0 radical (unpaired) electrons. The number of hydrogen-bond acceptors (Lipinski definition) is 3. The summed E-state index contributed by atoms with van der Waals surface area (Å²) in [7, 11) is -3.71. The van der Waals surface area contributed by atoms with Gasteiger partial charge in [-0.25, -0.2) is 17.5 Å². The lowest BCUT2D eigenvalue weighted by Crippen LogP contribution is -2.39. The number of sulfonamides is 1. The molecule has 1 fully saturated rings. The van der Waals surface area contributed by atoms with Gasteiger partial charge in [0.15, 0.2) is 0 Å². The van der Waals surface area contributed by atoms with Crippen molar-refractivity contribution in [3.8, 4) is 0 Å². The molecule has 2 unspecified atom stereocenters. The van der Waals surface area contributed by atoms with Crippen LogP contribution in [0.2, 0.25) is 0 Å². The average molecular weight is 338 g/mol. The molecule has 1 N–H and O–H groups in total. The molecule has 18 heavy (non-hydrogen) atoms. The summed E-state index contributed by atoms with van der Waals surface area (Å²) in [4.78, 5) is -0.0812. The lowest BCUT2D eigenvalue weighted by molar-refractivity contribution is 0.117. The quantitative estimate of drug-likeness (QED) is 0.918. The summed E-state index contributed by atoms with van der Waals surface area (Å²) in [5.74, 6) is -0.603. The van der Waals surface area contributed by atoms with E-state index in [4.69, 9.17) is 4.74 Å². The first kappa shape index (κ1) is 13.9. The molecule has 0 amide bonds. The predicted octanol–water partition coefficient (Wildman–Crippen LogP) is 2.04. The second-order valence-corrected chi connectivity index (χ2v) is 6.74. The lowest BCUT2D eigenvalue weighted by atomic mass is 10.2. The van der Waals surface area contributed by atoms with Crippen LogP contribution in [-0.2, 0) is 14.8 Å². The molecular formula is C11H13BrFNO3S. The summed E-state index contributed by atoms with van der Waals surface area (Å²) in [5, 5.41) is 0. The van der Waals surface area contributed by atoms with Gasteiger partial charge < -0.3 is 4.74 Å². The highest BCUT2D eigenvalue weighted by Crippen LogP contribution is 2.21. The normalized spacial score (nSPS) is 24.4. The van der Waals surface area contributed by atoms with E-state index >= 15 is 0 Å². The molecule has 0 saturated carbocycles. The molecular weight excluding hydrogens is 325 g/mol. The van der Waals surface area contributed by atoms with Gasteiger partial charge in [-0.05, 0) is 47.5 Å². The van der Waals surface area contributed by atoms with Crippen LogP contribution in [0.15, 0.2) is 27.6 Å². The molecule has 0 spiro atoms. The summed E-state index contributed by atoms with van der Waals surface area (Å²) in [6.45, 7) is 2.34. The molecule has 1 heterocycles. The molecule has 2 rings (SSSR count). The second kappa shape index (κ2) is 5.24. The van der Waals surface area contributed by atoms with Crippen molar-refractivity contribution in [1.82, 2.24) is 4.72 Å². The molecule has 0 aromatic heterocycles. The van der Waals surface area contributed by atoms with E-state index in [1.54, 1.807) is 0 Å². The average Bonchev–Trinajstić information content (AvgIpc) is 2.67. The summed E-state index contributed by atoms with van der Waals surface area (Å²) in [5.41, 5.74) is 0. The minimum Gasteiger partial charge on any atom is -0.377 e. The molecule has 1 aromatic rings. The Kier molecular flexibility index (Phi) is 4.05. The standard InChI is InChI=1S/C11H13BrFNO3S/c1-7-11(4-5-17-7)14-18(15,16)8-2-3-9(12)10(13)6-8/h2-3,6-7,11,14H,4-5H2,1H3. The maximum absolute atomic E-state index is 13.3. The van der Waals surface area contributed by atoms with Gasteiger partial charge in [0.2, 0.25) is 10.0 Å². The molecule has 7 heteroatoms. The Labute approximate surface area is 114 Å². The van der Waals surface area contributed by atoms with Gasteiger partial charge in [0.05, 0.1) is 21.5 Å². The van der Waals surface area contributed by atoms with Crippen molar-refractivity contribution in [2.45, 2.75) is 30.4 Å². The van der Waals surface area contributed by atoms with E-state index in [1.165, 1.54) is 12.1 Å². The number of ether oxygens (including phenoxy) is 1. The van der Waals surface area contributed by atoms with Gasteiger partial charge in [0, 0.05) is 6.61 Å². The fraction of sp³-hybridized carbons (Fsp3) is 0.455. The lowest BCUT2D eigenvalue weighted by Gasteiger charge is -2.16. The van der Waals surface area contributed by atoms with Crippen LogP contribution in [0, 0.1) is 5.82 Å². The molecule has 1 aliphatic heterocycles. The zero-order chi connectivity index (χ0) is 13.3. The fourth-order valence-corrected chi connectivity index (χ4v) is 3.39. The number of hydrogen-bond donors (Lipinski definition) is 1. The SMILES string of the molecule is CC1OCCC1NS(=O)(=O)c1ccc(Br)c(F)c1. The fourth-order valence-electron chi connectivity index (χ4n) is 1.80. The van der Waals surface area contributed by atoms with Gasteiger partial charge in [-0.15, -0.1) is 0 Å². The van der Waals surface area contributed by atoms with Crippen molar-refractivity contribution >= 4 is 26.0 Å². The number of halogens is 2. The van der Waals surface area contributed by atoms with E-state index in [0.29, 0.717) is 13.0 Å². The Hall–Kier alpha value is -0.500. The van der Waals surface area contributed by atoms with Crippen LogP contribution in [0.4, 0.5) is 4.39 Å². The number of benzene rings is 1. The molecule has 1 aromatic carbocycles. The zero-order valence-corrected chi connectivity index (χ0v) is 12.1. The molecule has 1 aliphatic rings. The summed E-state index contributed by atoms with van der Waals surface area (Å²) in [6, 6.07) is 3.46. The van der Waals surface area contributed by atoms with Crippen LogP contribution < -0.4 is 4.72 Å². The molecule has 1 saturated heterocycles. The second-order valence-electron chi connectivity index (χ2n) is 4.17. The molecule has 0 aliphatic carbocycles. The van der Waals surface area contributed by atoms with Crippen LogP contribution in [0.25, 0.3) is 0 Å². The Bertz CT molecular complexity index is 549. The third-order valence-corrected chi connectivity index (χ3v) is 5.01. The van der Waals surface area contributed by atoms with Crippen molar-refractivity contribution in [1.29, 1.82) is 0 Å². The van der Waals surface area contributed by atoms with E-state index in [0.717, 1.165) is 6.07 Å². The minimum absolute atomic E-state index is 0.0812. The first-order valence-corrected chi connectivity index (χ1v) is 7.77. The molecule has 4 nitrogen and oxygen atoms in total. The third-order valence-electron chi connectivity index (χ3n) is 2.88. The highest BCUT2D eigenvalue weighted by molar-refractivity contribution is 9.10. The predicted molar refractivity (Wildman–Crippen MR) is 68.2 cm³/mol. The monoisotopic (exact) mass is 337 g/mol. The van der Waals surface area contributed by atoms with E-state index in [-0.39, 0.29) is 21.5 Å². The first-order valence-electron chi connectivity index (χ1n) is 5.49. The van der Waals surface area contributed by atoms with E-state index < -0.39 is 15.8 Å². The van der Waals surface area contributed by atoms with Crippen LogP contribution in [0.1, 0.15) is 13.3 Å². The smallest absolute Gasteiger partial charge is 0.241 e. The van der Waals surface area contributed by atoms with Gasteiger partial charge in [0.25, 0.3) is 0 Å². The summed E-state index contributed by atoms with van der Waals surface area (Å²) in [6.07, 6.45) is 0.458. The molecule has 0 bridgehead atoms. The Morgan fingerprint density at radius 1 is 1.50 bits per heavy atom. The van der Waals surface area contributed by atoms with E-state index in [1.807, 2.05) is 6.92 Å². The van der Waals surface area contributed by atoms with Crippen LogP contribution >= 0.6 is 15.9 Å². The maximum Gasteiger partial charge on any atom is 0.241 e. The Morgan fingerprint density at radius 3 is 2.78 bits per heavy atom. The zero-order valence-electron chi connectivity index (χ0n) is 9.69.